The van der Waals surface area contributed by atoms with Crippen LogP contribution in [-0.4, -0.2) is 23.0 Å². The van der Waals surface area contributed by atoms with Gasteiger partial charge in [0.2, 0.25) is 0 Å². The zero-order valence-electron chi connectivity index (χ0n) is 11.6. The Kier molecular flexibility index (Phi) is 2.32. The summed E-state index contributed by atoms with van der Waals surface area (Å²) < 4.78 is 5.90. The highest BCUT2D eigenvalue weighted by Gasteiger charge is 2.73. The molecule has 4 aliphatic rings. The van der Waals surface area contributed by atoms with Gasteiger partial charge < -0.3 is 4.42 Å². The number of fused-ring (bicyclic) bond motifs is 3. The smallest absolute Gasteiger partial charge is 0.254 e. The lowest BCUT2D eigenvalue weighted by atomic mass is 9.85. The van der Waals surface area contributed by atoms with Crippen LogP contribution in [0.2, 0.25) is 0 Å². The van der Waals surface area contributed by atoms with Crippen molar-refractivity contribution in [2.45, 2.75) is 12.8 Å². The molecule has 1 aromatic heterocycles. The topological polar surface area (TPSA) is 62.9 Å². The average Bonchev–Trinajstić information content (AvgIpc) is 2.87. The molecule has 0 radical (unpaired) electrons. The van der Waals surface area contributed by atoms with Crippen LogP contribution in [0, 0.1) is 29.1 Å². The van der Waals surface area contributed by atoms with Crippen molar-refractivity contribution in [1.29, 1.82) is 0 Å². The molecule has 2 saturated carbocycles. The molecule has 1 aromatic rings. The highest BCUT2D eigenvalue weighted by Crippen LogP contribution is 2.73. The molecule has 3 fully saturated rings. The van der Waals surface area contributed by atoms with Crippen molar-refractivity contribution >= 4 is 34.0 Å². The first-order valence-electron chi connectivity index (χ1n) is 7.47. The van der Waals surface area contributed by atoms with Crippen LogP contribution in [0.5, 0.6) is 0 Å². The zero-order valence-corrected chi connectivity index (χ0v) is 13.2. The fourth-order valence-electron chi connectivity index (χ4n) is 4.69. The summed E-state index contributed by atoms with van der Waals surface area (Å²) in [5, 5.41) is 5.13. The molecule has 1 spiro atoms. The van der Waals surface area contributed by atoms with Gasteiger partial charge in [0.25, 0.3) is 11.8 Å². The van der Waals surface area contributed by atoms with E-state index in [1.165, 1.54) is 6.21 Å². The maximum Gasteiger partial charge on any atom is 0.254 e. The molecule has 0 aromatic carbocycles. The van der Waals surface area contributed by atoms with E-state index in [9.17, 15) is 9.59 Å². The van der Waals surface area contributed by atoms with Crippen molar-refractivity contribution < 1.29 is 14.0 Å². The highest BCUT2D eigenvalue weighted by molar-refractivity contribution is 9.10. The summed E-state index contributed by atoms with van der Waals surface area (Å²) in [4.78, 5) is 25.3. The van der Waals surface area contributed by atoms with Crippen LogP contribution < -0.4 is 0 Å². The molecule has 112 valence electrons. The fourth-order valence-corrected chi connectivity index (χ4v) is 5.01. The predicted octanol–water partition coefficient (Wildman–Crippen LogP) is 2.57. The molecular weight excluding hydrogens is 348 g/mol. The number of carbonyl (C=O) groups excluding carboxylic acids is 2. The number of imide groups is 1. The Morgan fingerprint density at radius 2 is 1.82 bits per heavy atom. The van der Waals surface area contributed by atoms with Crippen molar-refractivity contribution in [2.24, 2.45) is 34.2 Å². The van der Waals surface area contributed by atoms with E-state index in [2.05, 4.69) is 33.2 Å². The Hall–Kier alpha value is -1.69. The summed E-state index contributed by atoms with van der Waals surface area (Å²) in [6, 6.07) is 3.47. The van der Waals surface area contributed by atoms with E-state index < -0.39 is 0 Å². The Morgan fingerprint density at radius 1 is 1.18 bits per heavy atom. The van der Waals surface area contributed by atoms with Gasteiger partial charge in [0, 0.05) is 0 Å². The van der Waals surface area contributed by atoms with Gasteiger partial charge in [-0.2, -0.15) is 10.1 Å². The second kappa shape index (κ2) is 3.98. The van der Waals surface area contributed by atoms with Crippen LogP contribution in [-0.2, 0) is 9.59 Å². The van der Waals surface area contributed by atoms with Crippen molar-refractivity contribution in [3.05, 3.63) is 34.7 Å². The van der Waals surface area contributed by atoms with Crippen molar-refractivity contribution in [3.8, 4) is 0 Å². The lowest BCUT2D eigenvalue weighted by Gasteiger charge is -2.18. The third kappa shape index (κ3) is 1.41. The number of rotatable bonds is 2. The van der Waals surface area contributed by atoms with Gasteiger partial charge >= 0.3 is 0 Å². The van der Waals surface area contributed by atoms with Gasteiger partial charge in [-0.3, -0.25) is 9.59 Å². The van der Waals surface area contributed by atoms with Crippen LogP contribution in [0.3, 0.4) is 0 Å². The van der Waals surface area contributed by atoms with Crippen molar-refractivity contribution in [1.82, 2.24) is 5.01 Å². The Labute approximate surface area is 135 Å². The molecule has 4 unspecified atom stereocenters. The maximum atomic E-state index is 12.6. The second-order valence-corrected chi connectivity index (χ2v) is 7.38. The minimum absolute atomic E-state index is 0.153. The first kappa shape index (κ1) is 12.8. The van der Waals surface area contributed by atoms with E-state index in [1.54, 1.807) is 12.1 Å². The van der Waals surface area contributed by atoms with Crippen LogP contribution >= 0.6 is 15.9 Å². The largest absolute Gasteiger partial charge is 0.448 e. The summed E-state index contributed by atoms with van der Waals surface area (Å²) in [7, 11) is 0. The van der Waals surface area contributed by atoms with Crippen molar-refractivity contribution in [2.75, 3.05) is 0 Å². The number of halogens is 1. The zero-order chi connectivity index (χ0) is 15.1. The fraction of sp³-hybridized carbons (Fsp3) is 0.438. The summed E-state index contributed by atoms with van der Waals surface area (Å²) >= 11 is 3.21. The van der Waals surface area contributed by atoms with E-state index in [1.807, 2.05) is 0 Å². The molecular formula is C16H13BrN2O3. The third-order valence-corrected chi connectivity index (χ3v) is 6.15. The highest BCUT2D eigenvalue weighted by atomic mass is 79.9. The second-order valence-electron chi connectivity index (χ2n) is 6.60. The maximum absolute atomic E-state index is 12.6. The molecule has 5 rings (SSSR count). The first-order valence-corrected chi connectivity index (χ1v) is 8.27. The minimum atomic E-state index is -0.203. The minimum Gasteiger partial charge on any atom is -0.448 e. The van der Waals surface area contributed by atoms with Gasteiger partial charge in [0.05, 0.1) is 18.1 Å². The number of nitrogens with zero attached hydrogens (tertiary/aromatic N) is 2. The Balaban J connectivity index is 1.45. The predicted molar refractivity (Wildman–Crippen MR) is 80.6 cm³/mol. The van der Waals surface area contributed by atoms with Gasteiger partial charge in [-0.15, -0.1) is 0 Å². The Bertz CT molecular complexity index is 727. The first-order chi connectivity index (χ1) is 10.6. The molecule has 5 nitrogen and oxygen atoms in total. The summed E-state index contributed by atoms with van der Waals surface area (Å²) in [5.74, 6) is 0.258. The molecule has 1 saturated heterocycles. The van der Waals surface area contributed by atoms with E-state index in [-0.39, 0.29) is 40.9 Å². The molecule has 4 atom stereocenters. The van der Waals surface area contributed by atoms with Crippen LogP contribution in [0.25, 0.3) is 0 Å². The molecule has 2 amide bonds. The van der Waals surface area contributed by atoms with Crippen molar-refractivity contribution in [3.63, 3.8) is 0 Å². The SMILES string of the molecule is O=C1C2C(C(=O)N1/N=C/c1ccc(Br)o1)C1C=CC2C12CC2. The molecule has 6 heteroatoms. The number of allylic oxidation sites excluding steroid dienone is 2. The lowest BCUT2D eigenvalue weighted by molar-refractivity contribution is -0.141. The number of amides is 2. The van der Waals surface area contributed by atoms with E-state index in [0.29, 0.717) is 10.4 Å². The van der Waals surface area contributed by atoms with E-state index in [0.717, 1.165) is 17.9 Å². The van der Waals surface area contributed by atoms with Gasteiger partial charge in [-0.05, 0) is 58.2 Å². The average molecular weight is 361 g/mol. The number of hydrogen-bond acceptors (Lipinski definition) is 4. The normalized spacial score (nSPS) is 37.0. The third-order valence-electron chi connectivity index (χ3n) is 5.72. The molecule has 22 heavy (non-hydrogen) atoms. The standard InChI is InChI=1S/C16H13BrN2O3/c17-11-4-1-8(22-11)7-18-19-14(20)12-9-2-3-10(13(12)15(19)21)16(9)5-6-16/h1-4,7,9-10,12-13H,5-6H2/b18-7+. The van der Waals surface area contributed by atoms with Gasteiger partial charge in [0.15, 0.2) is 4.67 Å². The van der Waals surface area contributed by atoms with Crippen LogP contribution in [0.1, 0.15) is 18.6 Å². The van der Waals surface area contributed by atoms with E-state index in [4.69, 9.17) is 4.42 Å². The Morgan fingerprint density at radius 3 is 2.32 bits per heavy atom. The number of furan rings is 1. The van der Waals surface area contributed by atoms with Gasteiger partial charge in [0.1, 0.15) is 5.76 Å². The lowest BCUT2D eigenvalue weighted by Crippen LogP contribution is -2.30. The molecule has 1 aliphatic heterocycles. The van der Waals surface area contributed by atoms with Crippen LogP contribution in [0.15, 0.2) is 38.5 Å². The molecule has 2 heterocycles. The van der Waals surface area contributed by atoms with Crippen LogP contribution in [0.4, 0.5) is 0 Å². The molecule has 2 bridgehead atoms. The monoisotopic (exact) mass is 360 g/mol. The molecule has 0 N–H and O–H groups in total. The number of hydrogen-bond donors (Lipinski definition) is 0. The number of hydrazone groups is 1. The van der Waals surface area contributed by atoms with Gasteiger partial charge in [-0.25, -0.2) is 0 Å². The number of carbonyl (C=O) groups is 2. The quantitative estimate of drug-likeness (QED) is 0.462. The summed E-state index contributed by atoms with van der Waals surface area (Å²) in [6.07, 6.45) is 8.02. The van der Waals surface area contributed by atoms with Gasteiger partial charge in [-0.1, -0.05) is 12.2 Å². The summed E-state index contributed by atoms with van der Waals surface area (Å²) in [5.41, 5.74) is 0.225. The van der Waals surface area contributed by atoms with E-state index >= 15 is 0 Å². The summed E-state index contributed by atoms with van der Waals surface area (Å²) in [6.45, 7) is 0. The molecule has 3 aliphatic carbocycles.